The fraction of sp³-hybridized carbons (Fsp3) is 0.233. The van der Waals surface area contributed by atoms with Crippen molar-refractivity contribution in [3.63, 3.8) is 0 Å². The second-order valence-corrected chi connectivity index (χ2v) is 10.4. The Balaban J connectivity index is 1.68. The third-order valence-corrected chi connectivity index (χ3v) is 6.89. The van der Waals surface area contributed by atoms with E-state index in [2.05, 4.69) is 20.3 Å². The summed E-state index contributed by atoms with van der Waals surface area (Å²) in [5, 5.41) is 3.39. The standard InChI is InChI=1S/C30H31FN6O2S/c1-20-15-21(2)34-30(33-20)40-19-27(38)37(18-22-7-6-14-32-17-22)28(23-8-5-9-24(31)16-23)29(39)35-25-10-12-26(13-11-25)36(3)4/h5-17,28H,18-19H2,1-4H3,(H,35,39). The average molecular weight is 559 g/mol. The summed E-state index contributed by atoms with van der Waals surface area (Å²) >= 11 is 1.19. The molecule has 0 fully saturated rings. The zero-order valence-electron chi connectivity index (χ0n) is 22.8. The molecular formula is C30H31FN6O2S. The van der Waals surface area contributed by atoms with E-state index in [9.17, 15) is 14.0 Å². The lowest BCUT2D eigenvalue weighted by atomic mass is 10.0. The number of hydrogen-bond donors (Lipinski definition) is 1. The molecule has 0 radical (unpaired) electrons. The minimum atomic E-state index is -1.11. The fourth-order valence-electron chi connectivity index (χ4n) is 4.18. The lowest BCUT2D eigenvalue weighted by molar-refractivity contribution is -0.137. The first-order chi connectivity index (χ1) is 19.2. The molecule has 206 valence electrons. The van der Waals surface area contributed by atoms with Gasteiger partial charge in [0, 0.05) is 55.8 Å². The molecule has 2 aromatic heterocycles. The zero-order chi connectivity index (χ0) is 28.6. The molecule has 40 heavy (non-hydrogen) atoms. The molecule has 0 aliphatic rings. The van der Waals surface area contributed by atoms with Crippen LogP contribution < -0.4 is 10.2 Å². The van der Waals surface area contributed by atoms with Gasteiger partial charge in [0.05, 0.1) is 5.75 Å². The highest BCUT2D eigenvalue weighted by Crippen LogP contribution is 2.28. The second kappa shape index (κ2) is 13.2. The summed E-state index contributed by atoms with van der Waals surface area (Å²) in [5.41, 5.74) is 4.21. The highest BCUT2D eigenvalue weighted by Gasteiger charge is 2.32. The Labute approximate surface area is 237 Å². The van der Waals surface area contributed by atoms with Gasteiger partial charge in [-0.3, -0.25) is 14.6 Å². The normalized spacial score (nSPS) is 11.5. The van der Waals surface area contributed by atoms with Crippen LogP contribution in [0.15, 0.2) is 84.3 Å². The van der Waals surface area contributed by atoms with Crippen molar-refractivity contribution in [2.45, 2.75) is 31.6 Å². The van der Waals surface area contributed by atoms with E-state index in [1.807, 2.05) is 57.1 Å². The maximum atomic E-state index is 14.4. The first-order valence-corrected chi connectivity index (χ1v) is 13.7. The van der Waals surface area contributed by atoms with Crippen LogP contribution >= 0.6 is 11.8 Å². The van der Waals surface area contributed by atoms with Crippen molar-refractivity contribution in [2.24, 2.45) is 0 Å². The molecule has 8 nitrogen and oxygen atoms in total. The first-order valence-electron chi connectivity index (χ1n) is 12.7. The fourth-order valence-corrected chi connectivity index (χ4v) is 5.02. The van der Waals surface area contributed by atoms with Crippen molar-refractivity contribution in [1.82, 2.24) is 19.9 Å². The predicted octanol–water partition coefficient (Wildman–Crippen LogP) is 5.19. The van der Waals surface area contributed by atoms with E-state index in [1.165, 1.54) is 34.9 Å². The van der Waals surface area contributed by atoms with Gasteiger partial charge < -0.3 is 15.1 Å². The van der Waals surface area contributed by atoms with Crippen molar-refractivity contribution in [1.29, 1.82) is 0 Å². The summed E-state index contributed by atoms with van der Waals surface area (Å²) in [6.07, 6.45) is 3.28. The van der Waals surface area contributed by atoms with Crippen molar-refractivity contribution in [3.05, 3.63) is 107 Å². The first kappa shape index (κ1) is 28.7. The monoisotopic (exact) mass is 558 g/mol. The van der Waals surface area contributed by atoms with Gasteiger partial charge in [0.25, 0.3) is 5.91 Å². The minimum Gasteiger partial charge on any atom is -0.378 e. The molecule has 4 aromatic rings. The minimum absolute atomic E-state index is 0.0141. The van der Waals surface area contributed by atoms with Gasteiger partial charge in [-0.05, 0) is 73.5 Å². The van der Waals surface area contributed by atoms with Crippen LogP contribution in [-0.2, 0) is 16.1 Å². The van der Waals surface area contributed by atoms with E-state index < -0.39 is 17.8 Å². The number of carbonyl (C=O) groups excluding carboxylic acids is 2. The number of hydrogen-bond acceptors (Lipinski definition) is 7. The molecule has 1 atom stereocenters. The molecule has 1 unspecified atom stereocenters. The van der Waals surface area contributed by atoms with Crippen LogP contribution in [0.25, 0.3) is 0 Å². The van der Waals surface area contributed by atoms with E-state index >= 15 is 0 Å². The van der Waals surface area contributed by atoms with E-state index in [1.54, 1.807) is 36.7 Å². The van der Waals surface area contributed by atoms with E-state index in [0.717, 1.165) is 22.6 Å². The summed E-state index contributed by atoms with van der Waals surface area (Å²) in [5.74, 6) is -1.31. The van der Waals surface area contributed by atoms with Crippen LogP contribution in [-0.4, -0.2) is 51.5 Å². The van der Waals surface area contributed by atoms with Crippen LogP contribution in [0.2, 0.25) is 0 Å². The lowest BCUT2D eigenvalue weighted by Gasteiger charge is -2.31. The Morgan fingerprint density at radius 1 is 0.975 bits per heavy atom. The number of benzene rings is 2. The molecule has 0 aliphatic carbocycles. The Bertz CT molecular complexity index is 1450. The number of aromatic nitrogens is 3. The van der Waals surface area contributed by atoms with Crippen LogP contribution in [0.1, 0.15) is 28.6 Å². The number of anilines is 2. The maximum absolute atomic E-state index is 14.4. The lowest BCUT2D eigenvalue weighted by Crippen LogP contribution is -2.42. The summed E-state index contributed by atoms with van der Waals surface area (Å²) in [4.78, 5) is 44.1. The second-order valence-electron chi connectivity index (χ2n) is 9.49. The van der Waals surface area contributed by atoms with Crippen molar-refractivity contribution in [2.75, 3.05) is 30.1 Å². The van der Waals surface area contributed by atoms with Crippen molar-refractivity contribution < 1.29 is 14.0 Å². The van der Waals surface area contributed by atoms with Gasteiger partial charge in [-0.25, -0.2) is 14.4 Å². The molecule has 4 rings (SSSR count). The molecule has 0 saturated heterocycles. The molecule has 0 saturated carbocycles. The number of amides is 2. The van der Waals surface area contributed by atoms with E-state index in [4.69, 9.17) is 0 Å². The smallest absolute Gasteiger partial charge is 0.251 e. The molecule has 0 aliphatic heterocycles. The molecule has 10 heteroatoms. The van der Waals surface area contributed by atoms with Crippen LogP contribution in [0.4, 0.5) is 15.8 Å². The third-order valence-electron chi connectivity index (χ3n) is 6.06. The summed E-state index contributed by atoms with van der Waals surface area (Å²) in [6, 6.07) is 17.4. The van der Waals surface area contributed by atoms with E-state index in [0.29, 0.717) is 16.4 Å². The van der Waals surface area contributed by atoms with Gasteiger partial charge in [-0.1, -0.05) is 30.0 Å². The quantitative estimate of drug-likeness (QED) is 0.211. The number of aryl methyl sites for hydroxylation is 2. The Kier molecular flexibility index (Phi) is 9.44. The summed E-state index contributed by atoms with van der Waals surface area (Å²) in [7, 11) is 3.85. The molecule has 2 amide bonds. The van der Waals surface area contributed by atoms with Gasteiger partial charge in [-0.15, -0.1) is 0 Å². The summed E-state index contributed by atoms with van der Waals surface area (Å²) < 4.78 is 14.4. The molecular weight excluding hydrogens is 527 g/mol. The van der Waals surface area contributed by atoms with Crippen molar-refractivity contribution >= 4 is 35.0 Å². The SMILES string of the molecule is Cc1cc(C)nc(SCC(=O)N(Cc2cccnc2)C(C(=O)Nc2ccc(N(C)C)cc2)c2cccc(F)c2)n1. The average Bonchev–Trinajstić information content (AvgIpc) is 2.92. The number of pyridine rings is 1. The predicted molar refractivity (Wildman–Crippen MR) is 156 cm³/mol. The Morgan fingerprint density at radius 2 is 1.70 bits per heavy atom. The zero-order valence-corrected chi connectivity index (χ0v) is 23.7. The number of thioether (sulfide) groups is 1. The summed E-state index contributed by atoms with van der Waals surface area (Å²) in [6.45, 7) is 3.82. The van der Waals surface area contributed by atoms with E-state index in [-0.39, 0.29) is 18.2 Å². The Morgan fingerprint density at radius 3 is 2.33 bits per heavy atom. The van der Waals surface area contributed by atoms with Crippen LogP contribution in [0, 0.1) is 19.7 Å². The largest absolute Gasteiger partial charge is 0.378 e. The molecule has 0 bridgehead atoms. The number of nitrogens with zero attached hydrogens (tertiary/aromatic N) is 5. The highest BCUT2D eigenvalue weighted by molar-refractivity contribution is 7.99. The highest BCUT2D eigenvalue weighted by atomic mass is 32.2. The van der Waals surface area contributed by atoms with Gasteiger partial charge in [0.1, 0.15) is 11.9 Å². The van der Waals surface area contributed by atoms with Crippen molar-refractivity contribution in [3.8, 4) is 0 Å². The topological polar surface area (TPSA) is 91.3 Å². The molecule has 0 spiro atoms. The molecule has 1 N–H and O–H groups in total. The molecule has 2 aromatic carbocycles. The van der Waals surface area contributed by atoms with Crippen LogP contribution in [0.3, 0.4) is 0 Å². The number of carbonyl (C=O) groups is 2. The van der Waals surface area contributed by atoms with Gasteiger partial charge in [0.15, 0.2) is 5.16 Å². The number of rotatable bonds is 10. The Hall–Kier alpha value is -4.31. The van der Waals surface area contributed by atoms with Gasteiger partial charge in [-0.2, -0.15) is 0 Å². The van der Waals surface area contributed by atoms with Gasteiger partial charge >= 0.3 is 0 Å². The number of nitrogens with one attached hydrogen (secondary N) is 1. The van der Waals surface area contributed by atoms with Crippen LogP contribution in [0.5, 0.6) is 0 Å². The van der Waals surface area contributed by atoms with Gasteiger partial charge in [0.2, 0.25) is 5.91 Å². The number of halogens is 1. The molecule has 2 heterocycles. The third kappa shape index (κ3) is 7.63. The maximum Gasteiger partial charge on any atom is 0.251 e.